The van der Waals surface area contributed by atoms with E-state index in [9.17, 15) is 4.79 Å². The largest absolute Gasteiger partial charge is 0.493 e. The molecule has 1 rings (SSSR count). The molecule has 0 saturated heterocycles. The van der Waals surface area contributed by atoms with E-state index >= 15 is 0 Å². The van der Waals surface area contributed by atoms with Gasteiger partial charge in [-0.15, -0.1) is 0 Å². The lowest BCUT2D eigenvalue weighted by Gasteiger charge is -2.09. The van der Waals surface area contributed by atoms with Crippen LogP contribution in [0.1, 0.15) is 0 Å². The summed E-state index contributed by atoms with van der Waals surface area (Å²) in [4.78, 5) is 11.1. The maximum absolute atomic E-state index is 11.1. The number of rotatable bonds is 4. The summed E-state index contributed by atoms with van der Waals surface area (Å²) in [6.07, 6.45) is 0. The normalized spacial score (nSPS) is 9.38. The fourth-order valence-corrected chi connectivity index (χ4v) is 1.05. The van der Waals surface area contributed by atoms with Crippen LogP contribution < -0.4 is 19.9 Å². The van der Waals surface area contributed by atoms with Crippen LogP contribution in [0, 0.1) is 0 Å². The molecule has 0 aliphatic heterocycles. The van der Waals surface area contributed by atoms with Crippen molar-refractivity contribution in [3.8, 4) is 17.2 Å². The lowest BCUT2D eigenvalue weighted by molar-refractivity contribution is -0.130. The van der Waals surface area contributed by atoms with Gasteiger partial charge in [-0.2, -0.15) is 0 Å². The molecule has 86 valence electrons. The Bertz CT molecular complexity index is 414. The predicted molar refractivity (Wildman–Crippen MR) is 58.5 cm³/mol. The van der Waals surface area contributed by atoms with Crippen molar-refractivity contribution in [3.63, 3.8) is 0 Å². The number of benzene rings is 1. The molecule has 1 aromatic carbocycles. The second-order valence-electron chi connectivity index (χ2n) is 2.93. The second-order valence-corrected chi connectivity index (χ2v) is 2.93. The molecular weight excluding hydrogens is 210 g/mol. The molecule has 0 aliphatic carbocycles. The maximum atomic E-state index is 11.1. The summed E-state index contributed by atoms with van der Waals surface area (Å²) < 4.78 is 15.0. The van der Waals surface area contributed by atoms with Gasteiger partial charge in [-0.3, -0.25) is 0 Å². The number of hydrogen-bond acceptors (Lipinski definition) is 5. The highest BCUT2D eigenvalue weighted by atomic mass is 16.5. The zero-order valence-electron chi connectivity index (χ0n) is 9.15. The summed E-state index contributed by atoms with van der Waals surface area (Å²) in [6, 6.07) is 4.72. The van der Waals surface area contributed by atoms with Crippen LogP contribution in [0.3, 0.4) is 0 Å². The van der Waals surface area contributed by atoms with Gasteiger partial charge in [-0.1, -0.05) is 6.58 Å². The Kier molecular flexibility index (Phi) is 3.77. The van der Waals surface area contributed by atoms with Gasteiger partial charge in [0.05, 0.1) is 14.2 Å². The van der Waals surface area contributed by atoms with Crippen molar-refractivity contribution in [2.45, 2.75) is 0 Å². The van der Waals surface area contributed by atoms with Crippen LogP contribution in [0.5, 0.6) is 17.2 Å². The Balaban J connectivity index is 2.91. The number of esters is 1. The predicted octanol–water partition coefficient (Wildman–Crippen LogP) is 1.08. The Hall–Kier alpha value is -2.17. The molecule has 0 radical (unpaired) electrons. The summed E-state index contributed by atoms with van der Waals surface area (Å²) in [7, 11) is 3.01. The summed E-state index contributed by atoms with van der Waals surface area (Å²) in [5.74, 6) is 0.644. The van der Waals surface area contributed by atoms with Crippen molar-refractivity contribution in [3.05, 3.63) is 30.5 Å². The van der Waals surface area contributed by atoms with Crippen LogP contribution in [0.4, 0.5) is 0 Å². The molecule has 0 aliphatic rings. The molecule has 0 bridgehead atoms. The van der Waals surface area contributed by atoms with Crippen LogP contribution in [-0.2, 0) is 4.79 Å². The molecule has 0 amide bonds. The lowest BCUT2D eigenvalue weighted by Crippen LogP contribution is -2.16. The third-order valence-corrected chi connectivity index (χ3v) is 1.83. The van der Waals surface area contributed by atoms with Crippen molar-refractivity contribution in [2.75, 3.05) is 14.2 Å². The minimum atomic E-state index is -0.688. The second kappa shape index (κ2) is 5.06. The quantitative estimate of drug-likeness (QED) is 0.470. The van der Waals surface area contributed by atoms with Crippen molar-refractivity contribution in [1.82, 2.24) is 0 Å². The van der Waals surface area contributed by atoms with Gasteiger partial charge in [0.25, 0.3) is 0 Å². The van der Waals surface area contributed by atoms with E-state index in [0.29, 0.717) is 17.2 Å². The number of ether oxygens (including phenoxy) is 3. The Labute approximate surface area is 93.4 Å². The van der Waals surface area contributed by atoms with Gasteiger partial charge in [-0.25, -0.2) is 4.79 Å². The van der Waals surface area contributed by atoms with Gasteiger partial charge in [0, 0.05) is 6.07 Å². The molecule has 2 N–H and O–H groups in total. The molecule has 16 heavy (non-hydrogen) atoms. The zero-order valence-corrected chi connectivity index (χ0v) is 9.15. The molecule has 0 spiro atoms. The van der Waals surface area contributed by atoms with E-state index in [4.69, 9.17) is 19.9 Å². The van der Waals surface area contributed by atoms with Gasteiger partial charge in [-0.05, 0) is 12.1 Å². The average Bonchev–Trinajstić information content (AvgIpc) is 2.28. The smallest absolute Gasteiger partial charge is 0.358 e. The van der Waals surface area contributed by atoms with E-state index in [1.165, 1.54) is 20.3 Å². The molecular formula is C11H13NO4. The van der Waals surface area contributed by atoms with Gasteiger partial charge in [0.2, 0.25) is 0 Å². The van der Waals surface area contributed by atoms with Crippen LogP contribution in [0.15, 0.2) is 30.5 Å². The summed E-state index contributed by atoms with van der Waals surface area (Å²) in [5, 5.41) is 0. The lowest BCUT2D eigenvalue weighted by atomic mass is 10.3. The third-order valence-electron chi connectivity index (χ3n) is 1.83. The van der Waals surface area contributed by atoms with Crippen molar-refractivity contribution < 1.29 is 19.0 Å². The van der Waals surface area contributed by atoms with Gasteiger partial charge >= 0.3 is 5.97 Å². The van der Waals surface area contributed by atoms with Crippen molar-refractivity contribution in [1.29, 1.82) is 0 Å². The highest BCUT2D eigenvalue weighted by Gasteiger charge is 2.09. The van der Waals surface area contributed by atoms with Gasteiger partial charge in [0.15, 0.2) is 11.5 Å². The van der Waals surface area contributed by atoms with Crippen molar-refractivity contribution in [2.24, 2.45) is 5.73 Å². The third kappa shape index (κ3) is 2.66. The van der Waals surface area contributed by atoms with Crippen LogP contribution in [0.2, 0.25) is 0 Å². The van der Waals surface area contributed by atoms with Gasteiger partial charge < -0.3 is 19.9 Å². The summed E-state index contributed by atoms with van der Waals surface area (Å²) in [5.41, 5.74) is 5.03. The van der Waals surface area contributed by atoms with Gasteiger partial charge in [0.1, 0.15) is 11.4 Å². The Morgan fingerprint density at radius 2 is 1.88 bits per heavy atom. The minimum absolute atomic E-state index is 0.158. The van der Waals surface area contributed by atoms with E-state index in [2.05, 4.69) is 6.58 Å². The van der Waals surface area contributed by atoms with E-state index in [-0.39, 0.29) is 5.70 Å². The molecule has 0 unspecified atom stereocenters. The molecule has 0 atom stereocenters. The molecule has 0 aromatic heterocycles. The maximum Gasteiger partial charge on any atom is 0.358 e. The first-order valence-corrected chi connectivity index (χ1v) is 4.47. The number of methoxy groups -OCH3 is 2. The summed E-state index contributed by atoms with van der Waals surface area (Å²) in [6.45, 7) is 3.27. The monoisotopic (exact) mass is 223 g/mol. The van der Waals surface area contributed by atoms with E-state index in [1.54, 1.807) is 12.1 Å². The Morgan fingerprint density at radius 1 is 1.25 bits per heavy atom. The average molecular weight is 223 g/mol. The SMILES string of the molecule is C=C(N)C(=O)Oc1ccc(OC)c(OC)c1. The first-order chi connectivity index (χ1) is 7.58. The molecule has 0 fully saturated rings. The highest BCUT2D eigenvalue weighted by Crippen LogP contribution is 2.30. The fraction of sp³-hybridized carbons (Fsp3) is 0.182. The molecule has 1 aromatic rings. The highest BCUT2D eigenvalue weighted by molar-refractivity contribution is 5.88. The fourth-order valence-electron chi connectivity index (χ4n) is 1.05. The number of carbonyl (C=O) groups excluding carboxylic acids is 1. The Morgan fingerprint density at radius 3 is 2.38 bits per heavy atom. The zero-order chi connectivity index (χ0) is 12.1. The topological polar surface area (TPSA) is 70.8 Å². The number of nitrogens with two attached hydrogens (primary N) is 1. The van der Waals surface area contributed by atoms with Crippen LogP contribution in [-0.4, -0.2) is 20.2 Å². The van der Waals surface area contributed by atoms with E-state index < -0.39 is 5.97 Å². The standard InChI is InChI=1S/C11H13NO4/c1-7(12)11(13)16-8-4-5-9(14-2)10(6-8)15-3/h4-6H,1,12H2,2-3H3. The first-order valence-electron chi connectivity index (χ1n) is 4.47. The van der Waals surface area contributed by atoms with E-state index in [0.717, 1.165) is 0 Å². The molecule has 0 heterocycles. The number of carbonyl (C=O) groups is 1. The molecule has 5 heteroatoms. The van der Waals surface area contributed by atoms with Crippen LogP contribution >= 0.6 is 0 Å². The minimum Gasteiger partial charge on any atom is -0.493 e. The summed E-state index contributed by atoms with van der Waals surface area (Å²) >= 11 is 0. The van der Waals surface area contributed by atoms with Crippen LogP contribution in [0.25, 0.3) is 0 Å². The number of hydrogen-bond donors (Lipinski definition) is 1. The van der Waals surface area contributed by atoms with E-state index in [1.807, 2.05) is 0 Å². The first kappa shape index (κ1) is 11.9. The molecule has 0 saturated carbocycles. The van der Waals surface area contributed by atoms with Crippen molar-refractivity contribution >= 4 is 5.97 Å². The molecule has 5 nitrogen and oxygen atoms in total.